The number of rotatable bonds is 5. The maximum Gasteiger partial charge on any atom is 0.160 e. The number of hydrogen-bond acceptors (Lipinski definition) is 3. The van der Waals surface area contributed by atoms with E-state index < -0.39 is 0 Å². The predicted molar refractivity (Wildman–Crippen MR) is 158 cm³/mol. The molecule has 0 radical (unpaired) electrons. The fourth-order valence-corrected chi connectivity index (χ4v) is 4.94. The molecule has 0 fully saturated rings. The number of hydrogen-bond donors (Lipinski definition) is 0. The molecule has 0 unspecified atom stereocenters. The fourth-order valence-electron chi connectivity index (χ4n) is 4.94. The molecular weight excluding hydrogens is 476 g/mol. The highest BCUT2D eigenvalue weighted by molar-refractivity contribution is 5.95. The van der Waals surface area contributed by atoms with Gasteiger partial charge in [-0.2, -0.15) is 5.10 Å². The number of benzene rings is 5. The van der Waals surface area contributed by atoms with Crippen LogP contribution in [0.3, 0.4) is 0 Å². The lowest BCUT2D eigenvalue weighted by molar-refractivity contribution is 0.915. The molecule has 4 nitrogen and oxygen atoms in total. The highest BCUT2D eigenvalue weighted by atomic mass is 15.3. The van der Waals surface area contributed by atoms with Gasteiger partial charge in [0.1, 0.15) is 5.69 Å². The van der Waals surface area contributed by atoms with Crippen LogP contribution in [0.4, 0.5) is 0 Å². The molecular formula is C35H24N4. The van der Waals surface area contributed by atoms with Crippen LogP contribution in [0.15, 0.2) is 146 Å². The van der Waals surface area contributed by atoms with Gasteiger partial charge >= 0.3 is 0 Å². The second-order valence-corrected chi connectivity index (χ2v) is 9.39. The first kappa shape index (κ1) is 22.8. The molecule has 0 aliphatic rings. The van der Waals surface area contributed by atoms with Crippen molar-refractivity contribution in [2.24, 2.45) is 0 Å². The third-order valence-corrected chi connectivity index (χ3v) is 6.85. The number of fused-ring (bicyclic) bond motifs is 1. The fraction of sp³-hybridized carbons (Fsp3) is 0. The van der Waals surface area contributed by atoms with Crippen molar-refractivity contribution in [2.45, 2.75) is 0 Å². The van der Waals surface area contributed by atoms with Gasteiger partial charge in [-0.3, -0.25) is 0 Å². The van der Waals surface area contributed by atoms with Gasteiger partial charge in [0.2, 0.25) is 0 Å². The van der Waals surface area contributed by atoms with Crippen molar-refractivity contribution in [3.05, 3.63) is 146 Å². The summed E-state index contributed by atoms with van der Waals surface area (Å²) in [6.45, 7) is 0. The minimum Gasteiger partial charge on any atom is -0.232 e. The van der Waals surface area contributed by atoms with Gasteiger partial charge in [0, 0.05) is 27.6 Å². The van der Waals surface area contributed by atoms with Gasteiger partial charge in [0.25, 0.3) is 0 Å². The van der Waals surface area contributed by atoms with Gasteiger partial charge in [0.15, 0.2) is 5.82 Å². The van der Waals surface area contributed by atoms with Crippen molar-refractivity contribution >= 4 is 10.9 Å². The zero-order valence-electron chi connectivity index (χ0n) is 21.1. The molecule has 4 heteroatoms. The average molecular weight is 501 g/mol. The Morgan fingerprint density at radius 3 is 1.74 bits per heavy atom. The van der Waals surface area contributed by atoms with Crippen molar-refractivity contribution in [3.63, 3.8) is 0 Å². The molecule has 0 amide bonds. The Morgan fingerprint density at radius 2 is 1.00 bits per heavy atom. The van der Waals surface area contributed by atoms with Crippen LogP contribution in [0.1, 0.15) is 0 Å². The zero-order valence-corrected chi connectivity index (χ0v) is 21.1. The average Bonchev–Trinajstić information content (AvgIpc) is 3.42. The van der Waals surface area contributed by atoms with E-state index in [1.807, 2.05) is 71.4 Å². The Kier molecular flexibility index (Phi) is 5.76. The maximum atomic E-state index is 5.08. The molecule has 0 aliphatic heterocycles. The van der Waals surface area contributed by atoms with Crippen LogP contribution in [0.5, 0.6) is 0 Å². The molecule has 184 valence electrons. The summed E-state index contributed by atoms with van der Waals surface area (Å²) < 4.78 is 2.02. The lowest BCUT2D eigenvalue weighted by Crippen LogP contribution is -1.96. The highest BCUT2D eigenvalue weighted by Gasteiger charge is 2.15. The number of para-hydroxylation sites is 2. The summed E-state index contributed by atoms with van der Waals surface area (Å²) in [5, 5.41) is 6.19. The van der Waals surface area contributed by atoms with Crippen molar-refractivity contribution in [3.8, 4) is 50.8 Å². The Balaban J connectivity index is 1.39. The molecule has 0 saturated carbocycles. The largest absolute Gasteiger partial charge is 0.232 e. The van der Waals surface area contributed by atoms with Crippen LogP contribution in [0.2, 0.25) is 0 Å². The first-order valence-corrected chi connectivity index (χ1v) is 13.0. The summed E-state index contributed by atoms with van der Waals surface area (Å²) in [5.74, 6) is 0.705. The molecule has 39 heavy (non-hydrogen) atoms. The molecule has 0 aliphatic carbocycles. The van der Waals surface area contributed by atoms with E-state index in [1.54, 1.807) is 0 Å². The second-order valence-electron chi connectivity index (χ2n) is 9.39. The van der Waals surface area contributed by atoms with Crippen LogP contribution in [-0.4, -0.2) is 19.7 Å². The van der Waals surface area contributed by atoms with E-state index in [0.29, 0.717) is 5.82 Å². The van der Waals surface area contributed by atoms with E-state index in [-0.39, 0.29) is 0 Å². The van der Waals surface area contributed by atoms with Crippen LogP contribution in [0, 0.1) is 0 Å². The molecule has 0 spiro atoms. The van der Waals surface area contributed by atoms with Gasteiger partial charge in [-0.1, -0.05) is 115 Å². The lowest BCUT2D eigenvalue weighted by Gasteiger charge is -2.10. The monoisotopic (exact) mass is 500 g/mol. The second kappa shape index (κ2) is 9.84. The molecule has 0 atom stereocenters. The molecule has 5 aromatic carbocycles. The maximum absolute atomic E-state index is 5.08. The number of aromatic nitrogens is 4. The predicted octanol–water partition coefficient (Wildman–Crippen LogP) is 8.48. The topological polar surface area (TPSA) is 43.6 Å². The van der Waals surface area contributed by atoms with Crippen LogP contribution in [-0.2, 0) is 0 Å². The summed E-state index contributed by atoms with van der Waals surface area (Å²) in [6, 6.07) is 49.6. The smallest absolute Gasteiger partial charge is 0.160 e. The normalized spacial score (nSPS) is 11.1. The third-order valence-electron chi connectivity index (χ3n) is 6.85. The standard InChI is InChI=1S/C35H24N4/c1-4-13-25(14-5-1)31-24-32(37-35(36-31)26-15-6-2-7-16-26)27-17-12-18-28(23-27)34-30-21-10-11-22-33(30)39(38-34)29-19-8-3-9-20-29/h1-24H. The Morgan fingerprint density at radius 1 is 0.436 bits per heavy atom. The summed E-state index contributed by atoms with van der Waals surface area (Å²) in [6.07, 6.45) is 0. The summed E-state index contributed by atoms with van der Waals surface area (Å²) >= 11 is 0. The first-order chi connectivity index (χ1) is 19.3. The van der Waals surface area contributed by atoms with Gasteiger partial charge in [-0.15, -0.1) is 0 Å². The molecule has 7 rings (SSSR count). The van der Waals surface area contributed by atoms with Crippen LogP contribution in [0.25, 0.3) is 61.8 Å². The summed E-state index contributed by atoms with van der Waals surface area (Å²) in [5.41, 5.74) is 8.91. The van der Waals surface area contributed by atoms with Crippen LogP contribution < -0.4 is 0 Å². The zero-order chi connectivity index (χ0) is 26.0. The minimum absolute atomic E-state index is 0.705. The molecule has 7 aromatic rings. The van der Waals surface area contributed by atoms with E-state index in [9.17, 15) is 0 Å². The van der Waals surface area contributed by atoms with Crippen LogP contribution >= 0.6 is 0 Å². The first-order valence-electron chi connectivity index (χ1n) is 13.0. The SMILES string of the molecule is c1ccc(-c2cc(-c3cccc(-c4nn(-c5ccccc5)c5ccccc45)c3)nc(-c3ccccc3)n2)cc1. The lowest BCUT2D eigenvalue weighted by atomic mass is 10.0. The van der Waals surface area contributed by atoms with E-state index in [1.165, 1.54) is 0 Å². The Bertz CT molecular complexity index is 1830. The molecule has 0 saturated heterocycles. The van der Waals surface area contributed by atoms with E-state index in [2.05, 4.69) is 78.9 Å². The Hall–Kier alpha value is -5.35. The molecule has 0 bridgehead atoms. The third kappa shape index (κ3) is 4.38. The minimum atomic E-state index is 0.705. The van der Waals surface area contributed by atoms with Crippen molar-refractivity contribution in [1.82, 2.24) is 19.7 Å². The quantitative estimate of drug-likeness (QED) is 0.238. The highest BCUT2D eigenvalue weighted by Crippen LogP contribution is 2.33. The van der Waals surface area contributed by atoms with E-state index in [0.717, 1.165) is 55.9 Å². The van der Waals surface area contributed by atoms with Crippen molar-refractivity contribution < 1.29 is 0 Å². The van der Waals surface area contributed by atoms with E-state index >= 15 is 0 Å². The van der Waals surface area contributed by atoms with E-state index in [4.69, 9.17) is 15.1 Å². The van der Waals surface area contributed by atoms with Gasteiger partial charge in [-0.25, -0.2) is 14.6 Å². The molecule has 2 aromatic heterocycles. The summed E-state index contributed by atoms with van der Waals surface area (Å²) in [7, 11) is 0. The van der Waals surface area contributed by atoms with Crippen molar-refractivity contribution in [1.29, 1.82) is 0 Å². The van der Waals surface area contributed by atoms with Gasteiger partial charge in [0.05, 0.1) is 22.6 Å². The number of nitrogens with zero attached hydrogens (tertiary/aromatic N) is 4. The molecule has 0 N–H and O–H groups in total. The van der Waals surface area contributed by atoms with Crippen molar-refractivity contribution in [2.75, 3.05) is 0 Å². The summed E-state index contributed by atoms with van der Waals surface area (Å²) in [4.78, 5) is 9.94. The Labute approximate surface area is 226 Å². The molecule has 2 heterocycles. The van der Waals surface area contributed by atoms with Gasteiger partial charge in [-0.05, 0) is 30.3 Å². The van der Waals surface area contributed by atoms with Gasteiger partial charge < -0.3 is 0 Å².